The van der Waals surface area contributed by atoms with E-state index in [0.717, 1.165) is 12.3 Å². The van der Waals surface area contributed by atoms with Crippen molar-refractivity contribution < 1.29 is 13.6 Å². The molecule has 18 heavy (non-hydrogen) atoms. The summed E-state index contributed by atoms with van der Waals surface area (Å²) in [5.41, 5.74) is -0.185. The maximum atomic E-state index is 13.4. The van der Waals surface area contributed by atoms with E-state index in [1.54, 1.807) is 0 Å². The van der Waals surface area contributed by atoms with Crippen LogP contribution in [0.4, 0.5) is 8.78 Å². The second kappa shape index (κ2) is 5.45. The van der Waals surface area contributed by atoms with Crippen LogP contribution in [-0.2, 0) is 4.79 Å². The van der Waals surface area contributed by atoms with Crippen LogP contribution in [0.2, 0.25) is 5.02 Å². The molecule has 1 aromatic carbocycles. The molecule has 2 rings (SSSR count). The Labute approximate surface area is 110 Å². The van der Waals surface area contributed by atoms with Crippen LogP contribution in [0.25, 0.3) is 0 Å². The van der Waals surface area contributed by atoms with Gasteiger partial charge < -0.3 is 5.32 Å². The quantitative estimate of drug-likeness (QED) is 0.515. The van der Waals surface area contributed by atoms with Crippen molar-refractivity contribution in [1.29, 1.82) is 0 Å². The Hall–Kier alpha value is -1.47. The normalized spacial score (nSPS) is 17.7. The fraction of sp³-hybridized carbons (Fsp3) is 0.100. The number of hydrogen-bond donors (Lipinski definition) is 1. The first-order valence-electron chi connectivity index (χ1n) is 4.75. The van der Waals surface area contributed by atoms with Crippen molar-refractivity contribution in [3.63, 3.8) is 0 Å². The predicted molar refractivity (Wildman–Crippen MR) is 67.0 cm³/mol. The maximum absolute atomic E-state index is 13.4. The lowest BCUT2D eigenvalue weighted by molar-refractivity contribution is -0.116. The smallest absolute Gasteiger partial charge is 0.236 e. The molecule has 1 N–H and O–H groups in total. The molecule has 0 radical (unpaired) electrons. The number of hydrogen-bond acceptors (Lipinski definition) is 4. The highest BCUT2D eigenvalue weighted by Crippen LogP contribution is 2.19. The molecule has 1 aromatic rings. The number of benzene rings is 1. The van der Waals surface area contributed by atoms with E-state index in [9.17, 15) is 13.6 Å². The standard InChI is InChI=1S/C10H6ClF2N3OS/c11-6-1-2-7(12)9(13)5(6)3-14-16-10-15-8(17)4-18-10/h1-3H,4H2,(H,15,16,17). The van der Waals surface area contributed by atoms with Gasteiger partial charge in [-0.05, 0) is 12.1 Å². The number of carbonyl (C=O) groups is 1. The summed E-state index contributed by atoms with van der Waals surface area (Å²) in [5, 5.41) is 9.99. The van der Waals surface area contributed by atoms with Crippen LogP contribution in [-0.4, -0.2) is 23.0 Å². The van der Waals surface area contributed by atoms with Crippen LogP contribution < -0.4 is 5.32 Å². The van der Waals surface area contributed by atoms with Crippen molar-refractivity contribution >= 4 is 40.7 Å². The van der Waals surface area contributed by atoms with Crippen molar-refractivity contribution in [3.8, 4) is 0 Å². The highest BCUT2D eigenvalue weighted by molar-refractivity contribution is 8.15. The minimum atomic E-state index is -1.09. The third kappa shape index (κ3) is 2.85. The minimum Gasteiger partial charge on any atom is -0.303 e. The fourth-order valence-electron chi connectivity index (χ4n) is 1.18. The molecule has 0 unspecified atom stereocenters. The van der Waals surface area contributed by atoms with E-state index < -0.39 is 11.6 Å². The molecule has 1 amide bonds. The number of amides is 1. The summed E-state index contributed by atoms with van der Waals surface area (Å²) in [6.07, 6.45) is 0.999. The maximum Gasteiger partial charge on any atom is 0.236 e. The summed E-state index contributed by atoms with van der Waals surface area (Å²) in [6, 6.07) is 2.15. The number of nitrogens with one attached hydrogen (secondary N) is 1. The van der Waals surface area contributed by atoms with Crippen LogP contribution in [0.15, 0.2) is 22.3 Å². The number of thioether (sulfide) groups is 1. The molecule has 0 spiro atoms. The largest absolute Gasteiger partial charge is 0.303 e. The van der Waals surface area contributed by atoms with Gasteiger partial charge in [0.1, 0.15) is 0 Å². The van der Waals surface area contributed by atoms with Gasteiger partial charge in [0.2, 0.25) is 5.91 Å². The van der Waals surface area contributed by atoms with Crippen molar-refractivity contribution in [2.24, 2.45) is 10.2 Å². The van der Waals surface area contributed by atoms with Gasteiger partial charge in [-0.25, -0.2) is 8.78 Å². The monoisotopic (exact) mass is 289 g/mol. The molecule has 0 aromatic heterocycles. The molecule has 1 aliphatic rings. The van der Waals surface area contributed by atoms with Gasteiger partial charge in [-0.2, -0.15) is 5.10 Å². The van der Waals surface area contributed by atoms with Gasteiger partial charge in [0.05, 0.1) is 22.6 Å². The predicted octanol–water partition coefficient (Wildman–Crippen LogP) is 2.17. The summed E-state index contributed by atoms with van der Waals surface area (Å²) >= 11 is 6.87. The first kappa shape index (κ1) is 13.0. The van der Waals surface area contributed by atoms with E-state index in [0.29, 0.717) is 5.17 Å². The summed E-state index contributed by atoms with van der Waals surface area (Å²) in [4.78, 5) is 10.8. The lowest BCUT2D eigenvalue weighted by Gasteiger charge is -1.99. The van der Waals surface area contributed by atoms with E-state index in [-0.39, 0.29) is 22.2 Å². The van der Waals surface area contributed by atoms with Crippen LogP contribution in [0.5, 0.6) is 0 Å². The van der Waals surface area contributed by atoms with Gasteiger partial charge in [-0.1, -0.05) is 23.4 Å². The number of rotatable bonds is 2. The molecule has 1 fully saturated rings. The van der Waals surface area contributed by atoms with E-state index >= 15 is 0 Å². The number of carbonyl (C=O) groups excluding carboxylic acids is 1. The summed E-state index contributed by atoms with van der Waals surface area (Å²) in [7, 11) is 0. The molecular weight excluding hydrogens is 284 g/mol. The van der Waals surface area contributed by atoms with E-state index in [2.05, 4.69) is 15.5 Å². The Morgan fingerprint density at radius 1 is 1.44 bits per heavy atom. The number of amidine groups is 1. The molecule has 0 bridgehead atoms. The van der Waals surface area contributed by atoms with Gasteiger partial charge in [-0.3, -0.25) is 4.79 Å². The number of nitrogens with zero attached hydrogens (tertiary/aromatic N) is 2. The zero-order valence-corrected chi connectivity index (χ0v) is 10.4. The minimum absolute atomic E-state index is 0.0287. The van der Waals surface area contributed by atoms with Crippen molar-refractivity contribution in [3.05, 3.63) is 34.4 Å². The Kier molecular flexibility index (Phi) is 3.93. The van der Waals surface area contributed by atoms with Crippen molar-refractivity contribution in [1.82, 2.24) is 5.32 Å². The third-order valence-corrected chi connectivity index (χ3v) is 3.19. The Bertz CT molecular complexity index is 562. The van der Waals surface area contributed by atoms with Gasteiger partial charge in [0.25, 0.3) is 0 Å². The summed E-state index contributed by atoms with van der Waals surface area (Å²) < 4.78 is 26.3. The second-order valence-electron chi connectivity index (χ2n) is 3.24. The Morgan fingerprint density at radius 3 is 2.89 bits per heavy atom. The zero-order valence-electron chi connectivity index (χ0n) is 8.78. The highest BCUT2D eigenvalue weighted by atomic mass is 35.5. The van der Waals surface area contributed by atoms with Gasteiger partial charge >= 0.3 is 0 Å². The SMILES string of the molecule is O=C1CSC(=NN=Cc2c(Cl)ccc(F)c2F)N1. The Morgan fingerprint density at radius 2 is 2.22 bits per heavy atom. The van der Waals surface area contributed by atoms with Crippen molar-refractivity contribution in [2.45, 2.75) is 0 Å². The second-order valence-corrected chi connectivity index (χ2v) is 4.61. The molecule has 1 saturated heterocycles. The molecule has 0 saturated carbocycles. The van der Waals surface area contributed by atoms with Crippen LogP contribution >= 0.6 is 23.4 Å². The zero-order chi connectivity index (χ0) is 13.1. The number of halogens is 3. The average molecular weight is 290 g/mol. The molecule has 0 aliphatic carbocycles. The summed E-state index contributed by atoms with van der Waals surface area (Å²) in [6.45, 7) is 0. The van der Waals surface area contributed by atoms with E-state index in [1.165, 1.54) is 17.8 Å². The van der Waals surface area contributed by atoms with Gasteiger partial charge in [0.15, 0.2) is 16.8 Å². The summed E-state index contributed by atoms with van der Waals surface area (Å²) in [5.74, 6) is -2.01. The van der Waals surface area contributed by atoms with Gasteiger partial charge in [0, 0.05) is 0 Å². The van der Waals surface area contributed by atoms with Crippen molar-refractivity contribution in [2.75, 3.05) is 5.75 Å². The molecule has 0 atom stereocenters. The lowest BCUT2D eigenvalue weighted by atomic mass is 10.2. The first-order chi connectivity index (χ1) is 8.58. The highest BCUT2D eigenvalue weighted by Gasteiger charge is 2.16. The van der Waals surface area contributed by atoms with E-state index in [1.807, 2.05) is 0 Å². The Balaban J connectivity index is 2.19. The topological polar surface area (TPSA) is 53.8 Å². The fourth-order valence-corrected chi connectivity index (χ4v) is 2.00. The average Bonchev–Trinajstić information content (AvgIpc) is 2.74. The first-order valence-corrected chi connectivity index (χ1v) is 6.11. The molecule has 4 nitrogen and oxygen atoms in total. The third-order valence-electron chi connectivity index (χ3n) is 2.00. The molecule has 8 heteroatoms. The van der Waals surface area contributed by atoms with Crippen LogP contribution in [0.1, 0.15) is 5.56 Å². The van der Waals surface area contributed by atoms with Crippen LogP contribution in [0.3, 0.4) is 0 Å². The van der Waals surface area contributed by atoms with E-state index in [4.69, 9.17) is 11.6 Å². The van der Waals surface area contributed by atoms with Gasteiger partial charge in [-0.15, -0.1) is 5.10 Å². The molecule has 1 aliphatic heterocycles. The molecule has 94 valence electrons. The van der Waals surface area contributed by atoms with Crippen LogP contribution in [0, 0.1) is 11.6 Å². The molecular formula is C10H6ClF2N3OS. The molecule has 1 heterocycles. The lowest BCUT2D eigenvalue weighted by Crippen LogP contribution is -2.19.